The quantitative estimate of drug-likeness (QED) is 0.636. The van der Waals surface area contributed by atoms with Gasteiger partial charge in [-0.3, -0.25) is 5.32 Å². The van der Waals surface area contributed by atoms with E-state index in [1.54, 1.807) is 43.3 Å². The van der Waals surface area contributed by atoms with Gasteiger partial charge in [0, 0.05) is 24.0 Å². The van der Waals surface area contributed by atoms with Crippen molar-refractivity contribution in [3.8, 4) is 0 Å². The fourth-order valence-electron chi connectivity index (χ4n) is 1.68. The fourth-order valence-corrected chi connectivity index (χ4v) is 1.68. The summed E-state index contributed by atoms with van der Waals surface area (Å²) in [6, 6.07) is 7.50. The van der Waals surface area contributed by atoms with Crippen LogP contribution in [0.4, 0.5) is 26.8 Å². The lowest BCUT2D eigenvalue weighted by Gasteiger charge is -2.08. The molecular weight excluding hydrogens is 298 g/mol. The maximum atomic E-state index is 11.8. The van der Waals surface area contributed by atoms with Crippen LogP contribution >= 0.6 is 0 Å². The second-order valence-electron chi connectivity index (χ2n) is 4.60. The van der Waals surface area contributed by atoms with E-state index in [0.29, 0.717) is 29.5 Å². The van der Waals surface area contributed by atoms with Gasteiger partial charge in [-0.1, -0.05) is 11.2 Å². The normalized spacial score (nSPS) is 9.78. The van der Waals surface area contributed by atoms with E-state index in [1.807, 2.05) is 0 Å². The van der Waals surface area contributed by atoms with Crippen LogP contribution in [0, 0.1) is 6.92 Å². The molecule has 4 amide bonds. The van der Waals surface area contributed by atoms with Gasteiger partial charge in [0.1, 0.15) is 5.76 Å². The molecule has 2 aromatic rings. The molecule has 0 unspecified atom stereocenters. The summed E-state index contributed by atoms with van der Waals surface area (Å²) < 4.78 is 4.85. The lowest BCUT2D eigenvalue weighted by atomic mass is 10.3. The second kappa shape index (κ2) is 7.64. The Morgan fingerprint density at radius 2 is 1.74 bits per heavy atom. The number of rotatable bonds is 5. The van der Waals surface area contributed by atoms with E-state index < -0.39 is 6.03 Å². The van der Waals surface area contributed by atoms with E-state index in [-0.39, 0.29) is 6.03 Å². The fraction of sp³-hybridized carbons (Fsp3) is 0.133. The smallest absolute Gasteiger partial charge is 0.324 e. The van der Waals surface area contributed by atoms with Gasteiger partial charge in [-0.05, 0) is 31.2 Å². The number of nitrogens with zero attached hydrogens (tertiary/aromatic N) is 1. The van der Waals surface area contributed by atoms with Gasteiger partial charge in [-0.25, -0.2) is 9.59 Å². The predicted octanol–water partition coefficient (Wildman–Crippen LogP) is 2.93. The van der Waals surface area contributed by atoms with Crippen molar-refractivity contribution >= 4 is 29.3 Å². The molecule has 0 fully saturated rings. The molecule has 0 spiro atoms. The molecule has 0 saturated carbocycles. The third-order valence-corrected chi connectivity index (χ3v) is 2.68. The monoisotopic (exact) mass is 315 g/mol. The Hall–Kier alpha value is -3.29. The third-order valence-electron chi connectivity index (χ3n) is 2.68. The zero-order valence-corrected chi connectivity index (χ0v) is 12.6. The van der Waals surface area contributed by atoms with Crippen molar-refractivity contribution in [1.82, 2.24) is 10.5 Å². The number of carbonyl (C=O) groups is 2. The number of nitrogens with one attached hydrogen (secondary N) is 4. The molecule has 0 radical (unpaired) electrons. The summed E-state index contributed by atoms with van der Waals surface area (Å²) in [4.78, 5) is 23.3. The minimum atomic E-state index is -0.442. The third kappa shape index (κ3) is 5.20. The molecule has 0 atom stereocenters. The van der Waals surface area contributed by atoms with Crippen LogP contribution in [0.1, 0.15) is 5.76 Å². The lowest BCUT2D eigenvalue weighted by molar-refractivity contribution is 0.253. The first-order chi connectivity index (χ1) is 11.1. The Kier molecular flexibility index (Phi) is 5.35. The molecule has 8 heteroatoms. The minimum absolute atomic E-state index is 0.329. The van der Waals surface area contributed by atoms with E-state index in [1.165, 1.54) is 0 Å². The van der Waals surface area contributed by atoms with Crippen LogP contribution in [0.25, 0.3) is 0 Å². The molecule has 1 heterocycles. The van der Waals surface area contributed by atoms with Crippen LogP contribution in [0.5, 0.6) is 0 Å². The number of hydrogen-bond donors (Lipinski definition) is 4. The van der Waals surface area contributed by atoms with E-state index in [4.69, 9.17) is 4.52 Å². The molecule has 23 heavy (non-hydrogen) atoms. The van der Waals surface area contributed by atoms with Crippen molar-refractivity contribution < 1.29 is 14.1 Å². The summed E-state index contributed by atoms with van der Waals surface area (Å²) in [7, 11) is 0. The number of amides is 4. The van der Waals surface area contributed by atoms with Crippen LogP contribution in [-0.2, 0) is 0 Å². The second-order valence-corrected chi connectivity index (χ2v) is 4.60. The summed E-state index contributed by atoms with van der Waals surface area (Å²) in [5.41, 5.74) is 1.17. The summed E-state index contributed by atoms with van der Waals surface area (Å²) >= 11 is 0. The van der Waals surface area contributed by atoms with E-state index >= 15 is 0 Å². The number of carbonyl (C=O) groups excluding carboxylic acids is 2. The highest BCUT2D eigenvalue weighted by atomic mass is 16.5. The Morgan fingerprint density at radius 1 is 1.13 bits per heavy atom. The Morgan fingerprint density at radius 3 is 2.26 bits per heavy atom. The van der Waals surface area contributed by atoms with Crippen molar-refractivity contribution in [2.45, 2.75) is 6.92 Å². The first kappa shape index (κ1) is 16.1. The standard InChI is InChI=1S/C15H17N5O3/c1-3-8-16-14(21)17-11-4-6-12(7-5-11)18-15(22)19-13-9-10(2)23-20-13/h3-7,9H,1,8H2,2H3,(H2,16,17,21)(H2,18,19,20,22). The molecule has 1 aromatic heterocycles. The topological polar surface area (TPSA) is 108 Å². The number of anilines is 3. The highest BCUT2D eigenvalue weighted by Gasteiger charge is 2.06. The van der Waals surface area contributed by atoms with E-state index in [0.717, 1.165) is 0 Å². The first-order valence-corrected chi connectivity index (χ1v) is 6.84. The molecule has 0 aliphatic heterocycles. The SMILES string of the molecule is C=CCNC(=O)Nc1ccc(NC(=O)Nc2cc(C)on2)cc1. The lowest BCUT2D eigenvalue weighted by Crippen LogP contribution is -2.28. The zero-order chi connectivity index (χ0) is 16.7. The van der Waals surface area contributed by atoms with Crippen molar-refractivity contribution in [3.05, 3.63) is 48.7 Å². The van der Waals surface area contributed by atoms with Crippen LogP contribution in [0.3, 0.4) is 0 Å². The van der Waals surface area contributed by atoms with Crippen molar-refractivity contribution in [2.24, 2.45) is 0 Å². The zero-order valence-electron chi connectivity index (χ0n) is 12.6. The summed E-state index contributed by atoms with van der Waals surface area (Å²) in [6.07, 6.45) is 1.58. The molecule has 120 valence electrons. The highest BCUT2D eigenvalue weighted by molar-refractivity contribution is 5.99. The van der Waals surface area contributed by atoms with Gasteiger partial charge in [-0.15, -0.1) is 6.58 Å². The van der Waals surface area contributed by atoms with Crippen LogP contribution in [-0.4, -0.2) is 23.8 Å². The van der Waals surface area contributed by atoms with E-state index in [2.05, 4.69) is 33.0 Å². The van der Waals surface area contributed by atoms with Crippen molar-refractivity contribution in [3.63, 3.8) is 0 Å². The molecule has 0 saturated heterocycles. The summed E-state index contributed by atoms with van der Waals surface area (Å²) in [5.74, 6) is 0.933. The van der Waals surface area contributed by atoms with E-state index in [9.17, 15) is 9.59 Å². The maximum absolute atomic E-state index is 11.8. The number of hydrogen-bond acceptors (Lipinski definition) is 4. The van der Waals surface area contributed by atoms with Crippen molar-refractivity contribution in [2.75, 3.05) is 22.5 Å². The molecule has 0 bridgehead atoms. The number of benzene rings is 1. The van der Waals surface area contributed by atoms with Crippen molar-refractivity contribution in [1.29, 1.82) is 0 Å². The number of aryl methyl sites for hydroxylation is 1. The Balaban J connectivity index is 1.85. The van der Waals surface area contributed by atoms with Gasteiger partial charge >= 0.3 is 12.1 Å². The highest BCUT2D eigenvalue weighted by Crippen LogP contribution is 2.14. The molecule has 1 aromatic carbocycles. The average molecular weight is 315 g/mol. The molecule has 4 N–H and O–H groups in total. The molecule has 0 aliphatic rings. The number of aromatic nitrogens is 1. The van der Waals surface area contributed by atoms with Gasteiger partial charge in [0.15, 0.2) is 5.82 Å². The maximum Gasteiger partial charge on any atom is 0.324 e. The van der Waals surface area contributed by atoms with Gasteiger partial charge in [0.2, 0.25) is 0 Å². The Labute approximate surface area is 132 Å². The number of urea groups is 2. The average Bonchev–Trinajstić information content (AvgIpc) is 2.92. The predicted molar refractivity (Wildman–Crippen MR) is 87.5 cm³/mol. The summed E-state index contributed by atoms with van der Waals surface area (Å²) in [5, 5.41) is 14.1. The van der Waals surface area contributed by atoms with Crippen LogP contribution in [0.15, 0.2) is 47.5 Å². The summed E-state index contributed by atoms with van der Waals surface area (Å²) in [6.45, 7) is 5.62. The Bertz CT molecular complexity index is 693. The minimum Gasteiger partial charge on any atom is -0.360 e. The van der Waals surface area contributed by atoms with Gasteiger partial charge in [-0.2, -0.15) is 0 Å². The van der Waals surface area contributed by atoms with Crippen LogP contribution < -0.4 is 21.3 Å². The molecule has 0 aliphatic carbocycles. The first-order valence-electron chi connectivity index (χ1n) is 6.84. The van der Waals surface area contributed by atoms with Crippen LogP contribution in [0.2, 0.25) is 0 Å². The van der Waals surface area contributed by atoms with Gasteiger partial charge in [0.05, 0.1) is 0 Å². The molecule has 2 rings (SSSR count). The molecule has 8 nitrogen and oxygen atoms in total. The van der Waals surface area contributed by atoms with Gasteiger partial charge in [0.25, 0.3) is 0 Å². The largest absolute Gasteiger partial charge is 0.360 e. The van der Waals surface area contributed by atoms with Gasteiger partial charge < -0.3 is 20.5 Å². The molecular formula is C15H17N5O3.